The van der Waals surface area contributed by atoms with Crippen LogP contribution in [-0.4, -0.2) is 94.4 Å². The number of aromatic nitrogens is 4. The SMILES string of the molecule is CN(C(=O)N(C)C1CC(Oc2cc(-c3cnc(N)nc3)nc(N3CCOCC3)n2)C1)C1CC1. The van der Waals surface area contributed by atoms with Crippen LogP contribution in [0.4, 0.5) is 16.7 Å². The van der Waals surface area contributed by atoms with Crippen molar-refractivity contribution < 1.29 is 14.3 Å². The number of nitrogens with two attached hydrogens (primary N) is 1. The lowest BCUT2D eigenvalue weighted by molar-refractivity contribution is 0.0339. The van der Waals surface area contributed by atoms with Gasteiger partial charge >= 0.3 is 6.03 Å². The van der Waals surface area contributed by atoms with Gasteiger partial charge in [-0.3, -0.25) is 0 Å². The fraction of sp³-hybridized carbons (Fsp3) is 0.591. The third-order valence-electron chi connectivity index (χ3n) is 6.56. The molecule has 0 atom stereocenters. The number of nitrogen functional groups attached to an aromatic ring is 1. The van der Waals surface area contributed by atoms with Crippen molar-refractivity contribution in [3.63, 3.8) is 0 Å². The van der Waals surface area contributed by atoms with Crippen LogP contribution in [0.15, 0.2) is 18.5 Å². The molecule has 0 aromatic carbocycles. The molecule has 5 rings (SSSR count). The fourth-order valence-electron chi connectivity index (χ4n) is 4.14. The van der Waals surface area contributed by atoms with Gasteiger partial charge in [0.25, 0.3) is 0 Å². The van der Waals surface area contributed by atoms with Crippen LogP contribution in [-0.2, 0) is 4.74 Å². The largest absolute Gasteiger partial charge is 0.474 e. The Hall–Kier alpha value is -3.21. The van der Waals surface area contributed by atoms with Crippen molar-refractivity contribution in [1.29, 1.82) is 0 Å². The first-order valence-corrected chi connectivity index (χ1v) is 11.4. The molecule has 1 aliphatic heterocycles. The summed E-state index contributed by atoms with van der Waals surface area (Å²) >= 11 is 0. The monoisotopic (exact) mass is 454 g/mol. The van der Waals surface area contributed by atoms with Gasteiger partial charge in [0.15, 0.2) is 0 Å². The molecule has 2 aromatic rings. The van der Waals surface area contributed by atoms with E-state index in [9.17, 15) is 4.79 Å². The number of carbonyl (C=O) groups excluding carboxylic acids is 1. The minimum absolute atomic E-state index is 0.000520. The summed E-state index contributed by atoms with van der Waals surface area (Å²) in [6, 6.07) is 2.47. The molecule has 11 nitrogen and oxygen atoms in total. The minimum Gasteiger partial charge on any atom is -0.474 e. The van der Waals surface area contributed by atoms with E-state index in [0.29, 0.717) is 49.9 Å². The molecule has 3 aliphatic rings. The van der Waals surface area contributed by atoms with E-state index < -0.39 is 0 Å². The zero-order valence-corrected chi connectivity index (χ0v) is 19.1. The Bertz CT molecular complexity index is 988. The number of hydrogen-bond donors (Lipinski definition) is 1. The third-order valence-corrected chi connectivity index (χ3v) is 6.56. The molecule has 3 fully saturated rings. The summed E-state index contributed by atoms with van der Waals surface area (Å²) in [6.45, 7) is 2.70. The summed E-state index contributed by atoms with van der Waals surface area (Å²) in [5, 5.41) is 0. The molecule has 176 valence electrons. The van der Waals surface area contributed by atoms with Crippen LogP contribution < -0.4 is 15.4 Å². The molecular weight excluding hydrogens is 424 g/mol. The Morgan fingerprint density at radius 1 is 1.09 bits per heavy atom. The average molecular weight is 455 g/mol. The van der Waals surface area contributed by atoms with Gasteiger partial charge in [0.1, 0.15) is 6.10 Å². The number of morpholine rings is 1. The summed E-state index contributed by atoms with van der Waals surface area (Å²) in [4.78, 5) is 36.0. The van der Waals surface area contributed by atoms with Crippen molar-refractivity contribution in [2.24, 2.45) is 0 Å². The standard InChI is InChI=1S/C22H30N8O3/c1-28(15-3-4-15)22(31)29(2)16-9-17(10-16)33-19-11-18(14-12-24-20(23)25-13-14)26-21(27-19)30-5-7-32-8-6-30/h11-13,15-17H,3-10H2,1-2H3,(H2,23,24,25). The van der Waals surface area contributed by atoms with Crippen LogP contribution >= 0.6 is 0 Å². The Morgan fingerprint density at radius 3 is 2.42 bits per heavy atom. The summed E-state index contributed by atoms with van der Waals surface area (Å²) in [7, 11) is 3.77. The van der Waals surface area contributed by atoms with Crippen molar-refractivity contribution in [3.05, 3.63) is 18.5 Å². The predicted octanol–water partition coefficient (Wildman–Crippen LogP) is 1.41. The number of carbonyl (C=O) groups is 1. The normalized spacial score (nSPS) is 22.4. The quantitative estimate of drug-likeness (QED) is 0.690. The average Bonchev–Trinajstić information content (AvgIpc) is 3.66. The highest BCUT2D eigenvalue weighted by Crippen LogP contribution is 2.33. The topological polar surface area (TPSA) is 123 Å². The Morgan fingerprint density at radius 2 is 1.76 bits per heavy atom. The number of ether oxygens (including phenoxy) is 2. The predicted molar refractivity (Wildman–Crippen MR) is 122 cm³/mol. The highest BCUT2D eigenvalue weighted by atomic mass is 16.5. The van der Waals surface area contributed by atoms with Crippen molar-refractivity contribution in [3.8, 4) is 17.1 Å². The van der Waals surface area contributed by atoms with Crippen LogP contribution in [0, 0.1) is 0 Å². The van der Waals surface area contributed by atoms with Gasteiger partial charge in [0.2, 0.25) is 17.8 Å². The van der Waals surface area contributed by atoms with Crippen LogP contribution in [0.5, 0.6) is 5.88 Å². The lowest BCUT2D eigenvalue weighted by Crippen LogP contribution is -2.53. The van der Waals surface area contributed by atoms with Crippen LogP contribution in [0.3, 0.4) is 0 Å². The van der Waals surface area contributed by atoms with Crippen molar-refractivity contribution >= 4 is 17.9 Å². The van der Waals surface area contributed by atoms with Gasteiger partial charge in [-0.1, -0.05) is 0 Å². The molecule has 0 unspecified atom stereocenters. The minimum atomic E-state index is -0.000520. The Kier molecular flexibility index (Phi) is 5.88. The molecule has 2 N–H and O–H groups in total. The van der Waals surface area contributed by atoms with E-state index in [2.05, 4.69) is 19.9 Å². The number of hydrogen-bond acceptors (Lipinski definition) is 9. The van der Waals surface area contributed by atoms with Gasteiger partial charge in [0.05, 0.1) is 18.9 Å². The second-order valence-corrected chi connectivity index (χ2v) is 8.92. The first-order valence-electron chi connectivity index (χ1n) is 11.4. The second kappa shape index (κ2) is 8.97. The third kappa shape index (κ3) is 4.77. The van der Waals surface area contributed by atoms with E-state index in [0.717, 1.165) is 31.2 Å². The van der Waals surface area contributed by atoms with Gasteiger partial charge < -0.3 is 29.9 Å². The van der Waals surface area contributed by atoms with Gasteiger partial charge in [-0.25, -0.2) is 19.7 Å². The zero-order valence-electron chi connectivity index (χ0n) is 19.1. The number of anilines is 2. The van der Waals surface area contributed by atoms with Crippen molar-refractivity contribution in [2.45, 2.75) is 43.9 Å². The molecular formula is C22H30N8O3. The lowest BCUT2D eigenvalue weighted by atomic mass is 9.88. The number of urea groups is 1. The molecule has 2 saturated carbocycles. The maximum absolute atomic E-state index is 12.6. The van der Waals surface area contributed by atoms with E-state index in [4.69, 9.17) is 20.2 Å². The highest BCUT2D eigenvalue weighted by molar-refractivity contribution is 5.75. The summed E-state index contributed by atoms with van der Waals surface area (Å²) in [5.41, 5.74) is 7.06. The van der Waals surface area contributed by atoms with E-state index in [-0.39, 0.29) is 24.1 Å². The van der Waals surface area contributed by atoms with Gasteiger partial charge in [-0.15, -0.1) is 0 Å². The zero-order chi connectivity index (χ0) is 22.9. The van der Waals surface area contributed by atoms with Crippen molar-refractivity contribution in [1.82, 2.24) is 29.7 Å². The van der Waals surface area contributed by atoms with Crippen molar-refractivity contribution in [2.75, 3.05) is 51.0 Å². The lowest BCUT2D eigenvalue weighted by Gasteiger charge is -2.41. The Balaban J connectivity index is 1.28. The molecule has 33 heavy (non-hydrogen) atoms. The van der Waals surface area contributed by atoms with Crippen LogP contribution in [0.2, 0.25) is 0 Å². The molecule has 2 aromatic heterocycles. The molecule has 11 heteroatoms. The maximum Gasteiger partial charge on any atom is 0.319 e. The molecule has 0 radical (unpaired) electrons. The molecule has 1 saturated heterocycles. The number of nitrogens with zero attached hydrogens (tertiary/aromatic N) is 7. The Labute approximate surface area is 192 Å². The summed E-state index contributed by atoms with van der Waals surface area (Å²) < 4.78 is 11.7. The van der Waals surface area contributed by atoms with E-state index in [1.165, 1.54) is 0 Å². The van der Waals surface area contributed by atoms with E-state index in [1.807, 2.05) is 30.0 Å². The first kappa shape index (κ1) is 21.6. The van der Waals surface area contributed by atoms with E-state index >= 15 is 0 Å². The highest BCUT2D eigenvalue weighted by Gasteiger charge is 2.39. The summed E-state index contributed by atoms with van der Waals surface area (Å²) in [5.74, 6) is 1.31. The smallest absolute Gasteiger partial charge is 0.319 e. The van der Waals surface area contributed by atoms with Gasteiger partial charge in [-0.2, -0.15) is 4.98 Å². The molecule has 2 amide bonds. The fourth-order valence-corrected chi connectivity index (χ4v) is 4.14. The van der Waals surface area contributed by atoms with Crippen LogP contribution in [0.25, 0.3) is 11.3 Å². The maximum atomic E-state index is 12.6. The van der Waals surface area contributed by atoms with Gasteiger partial charge in [0, 0.05) is 76.1 Å². The molecule has 0 spiro atoms. The molecule has 2 aliphatic carbocycles. The van der Waals surface area contributed by atoms with Gasteiger partial charge in [-0.05, 0) is 12.8 Å². The summed E-state index contributed by atoms with van der Waals surface area (Å²) in [6.07, 6.45) is 7.05. The number of amides is 2. The molecule has 0 bridgehead atoms. The van der Waals surface area contributed by atoms with E-state index in [1.54, 1.807) is 12.4 Å². The number of rotatable bonds is 6. The second-order valence-electron chi connectivity index (χ2n) is 8.92. The van der Waals surface area contributed by atoms with Crippen LogP contribution in [0.1, 0.15) is 25.7 Å². The first-order chi connectivity index (χ1) is 16.0. The molecule has 3 heterocycles.